The summed E-state index contributed by atoms with van der Waals surface area (Å²) in [6.07, 6.45) is 0. The lowest BCUT2D eigenvalue weighted by atomic mass is 9.88. The summed E-state index contributed by atoms with van der Waals surface area (Å²) in [5.41, 5.74) is 12.5. The van der Waals surface area contributed by atoms with Gasteiger partial charge >= 0.3 is 0 Å². The molecule has 0 bridgehead atoms. The number of thiophene rings is 1. The van der Waals surface area contributed by atoms with Crippen LogP contribution in [0.4, 0.5) is 0 Å². The van der Waals surface area contributed by atoms with Gasteiger partial charge in [-0.2, -0.15) is 0 Å². The molecule has 0 saturated carbocycles. The van der Waals surface area contributed by atoms with Crippen molar-refractivity contribution in [3.8, 4) is 28.2 Å². The molecular formula is C39H36N2S. The predicted molar refractivity (Wildman–Crippen MR) is 182 cm³/mol. The van der Waals surface area contributed by atoms with E-state index in [2.05, 4.69) is 143 Å². The quantitative estimate of drug-likeness (QED) is 0.203. The van der Waals surface area contributed by atoms with Gasteiger partial charge in [0.2, 0.25) is 0 Å². The van der Waals surface area contributed by atoms with Crippen LogP contribution in [-0.4, -0.2) is 9.55 Å². The normalized spacial score (nSPS) is 12.0. The number of aryl methyl sites for hydroxylation is 2. The molecule has 3 heteroatoms. The molecule has 0 fully saturated rings. The fourth-order valence-corrected chi connectivity index (χ4v) is 7.40. The summed E-state index contributed by atoms with van der Waals surface area (Å²) in [5, 5.41) is 2.64. The molecule has 0 aliphatic rings. The Labute approximate surface area is 252 Å². The smallest absolute Gasteiger partial charge is 0.145 e. The average Bonchev–Trinajstić information content (AvgIpc) is 3.54. The van der Waals surface area contributed by atoms with E-state index in [1.165, 1.54) is 59.2 Å². The Hall–Kier alpha value is -4.21. The van der Waals surface area contributed by atoms with Crippen LogP contribution in [0.25, 0.3) is 59.4 Å². The van der Waals surface area contributed by atoms with Gasteiger partial charge in [0.15, 0.2) is 0 Å². The van der Waals surface area contributed by atoms with Gasteiger partial charge in [-0.25, -0.2) is 4.98 Å². The topological polar surface area (TPSA) is 17.8 Å². The summed E-state index contributed by atoms with van der Waals surface area (Å²) in [7, 11) is 0. The van der Waals surface area contributed by atoms with Crippen LogP contribution in [0.1, 0.15) is 61.8 Å². The van der Waals surface area contributed by atoms with Crippen molar-refractivity contribution in [2.24, 2.45) is 0 Å². The first-order valence-corrected chi connectivity index (χ1v) is 15.8. The van der Waals surface area contributed by atoms with Crippen molar-refractivity contribution in [3.63, 3.8) is 0 Å². The van der Waals surface area contributed by atoms with E-state index in [0.29, 0.717) is 11.8 Å². The van der Waals surface area contributed by atoms with E-state index in [-0.39, 0.29) is 0 Å². The first-order valence-electron chi connectivity index (χ1n) is 14.9. The Bertz CT molecular complexity index is 2080. The number of benzene rings is 5. The van der Waals surface area contributed by atoms with Crippen LogP contribution in [0.5, 0.6) is 0 Å². The first kappa shape index (κ1) is 26.7. The minimum Gasteiger partial charge on any atom is -0.292 e. The van der Waals surface area contributed by atoms with E-state index < -0.39 is 0 Å². The maximum atomic E-state index is 5.31. The number of nitrogens with zero attached hydrogens (tertiary/aromatic N) is 2. The van der Waals surface area contributed by atoms with Crippen LogP contribution in [0.15, 0.2) is 97.1 Å². The molecule has 0 saturated heterocycles. The van der Waals surface area contributed by atoms with E-state index in [1.54, 1.807) is 0 Å². The maximum Gasteiger partial charge on any atom is 0.145 e. The molecule has 0 spiro atoms. The highest BCUT2D eigenvalue weighted by molar-refractivity contribution is 7.25. The fraction of sp³-hybridized carbons (Fsp3) is 0.205. The van der Waals surface area contributed by atoms with Crippen LogP contribution in [0.3, 0.4) is 0 Å². The summed E-state index contributed by atoms with van der Waals surface area (Å²) < 4.78 is 5.11. The second-order valence-electron chi connectivity index (χ2n) is 12.2. The summed E-state index contributed by atoms with van der Waals surface area (Å²) in [6.45, 7) is 13.7. The maximum absolute atomic E-state index is 5.31. The molecule has 5 aromatic carbocycles. The SMILES string of the molecule is Cc1cc2sc3ccc(-c4nc5ccccc5n4-c4c(C(C)C)cc(-c5ccccc5)cc4C(C)C)cc3c2cc1C. The molecular weight excluding hydrogens is 529 g/mol. The Morgan fingerprint density at radius 1 is 0.595 bits per heavy atom. The lowest BCUT2D eigenvalue weighted by Gasteiger charge is -2.24. The van der Waals surface area contributed by atoms with Gasteiger partial charge in [0.05, 0.1) is 16.7 Å². The van der Waals surface area contributed by atoms with E-state index in [0.717, 1.165) is 22.4 Å². The molecule has 0 aliphatic heterocycles. The summed E-state index contributed by atoms with van der Waals surface area (Å²) in [6, 6.07) is 35.8. The highest BCUT2D eigenvalue weighted by Crippen LogP contribution is 2.42. The zero-order valence-corrected chi connectivity index (χ0v) is 26.0. The second kappa shape index (κ2) is 10.3. The van der Waals surface area contributed by atoms with Gasteiger partial charge in [-0.15, -0.1) is 11.3 Å². The third kappa shape index (κ3) is 4.35. The number of rotatable bonds is 5. The van der Waals surface area contributed by atoms with Crippen LogP contribution in [0.2, 0.25) is 0 Å². The Morgan fingerprint density at radius 3 is 1.95 bits per heavy atom. The first-order chi connectivity index (χ1) is 20.3. The number of aromatic nitrogens is 2. The van der Waals surface area contributed by atoms with Crippen LogP contribution >= 0.6 is 11.3 Å². The lowest BCUT2D eigenvalue weighted by molar-refractivity contribution is 0.811. The molecule has 7 aromatic rings. The molecule has 0 atom stereocenters. The molecule has 0 amide bonds. The number of hydrogen-bond acceptors (Lipinski definition) is 2. The van der Waals surface area contributed by atoms with Gasteiger partial charge < -0.3 is 0 Å². The molecule has 0 radical (unpaired) electrons. The molecule has 208 valence electrons. The standard InChI is InChI=1S/C39H36N2S/c1-23(2)30-21-29(27-12-8-7-9-13-27)22-31(24(3)4)38(30)41-35-15-11-10-14-34(35)40-39(41)28-16-17-36-33(20-28)32-18-25(5)26(6)19-37(32)42-36/h7-24H,1-6H3. The van der Waals surface area contributed by atoms with E-state index >= 15 is 0 Å². The molecule has 2 aromatic heterocycles. The number of fused-ring (bicyclic) bond motifs is 4. The van der Waals surface area contributed by atoms with Crippen molar-refractivity contribution in [2.75, 3.05) is 0 Å². The summed E-state index contributed by atoms with van der Waals surface area (Å²) in [5.74, 6) is 1.67. The average molecular weight is 565 g/mol. The third-order valence-electron chi connectivity index (χ3n) is 8.65. The van der Waals surface area contributed by atoms with E-state index in [4.69, 9.17) is 4.98 Å². The van der Waals surface area contributed by atoms with Crippen LogP contribution in [0, 0.1) is 13.8 Å². The highest BCUT2D eigenvalue weighted by atomic mass is 32.1. The second-order valence-corrected chi connectivity index (χ2v) is 13.3. The van der Waals surface area contributed by atoms with Crippen molar-refractivity contribution in [3.05, 3.63) is 119 Å². The van der Waals surface area contributed by atoms with Gasteiger partial charge in [-0.1, -0.05) is 70.2 Å². The highest BCUT2D eigenvalue weighted by Gasteiger charge is 2.24. The number of imidazole rings is 1. The summed E-state index contributed by atoms with van der Waals surface area (Å²) in [4.78, 5) is 5.31. The zero-order valence-electron chi connectivity index (χ0n) is 25.2. The molecule has 0 N–H and O–H groups in total. The van der Waals surface area contributed by atoms with Crippen molar-refractivity contribution < 1.29 is 0 Å². The van der Waals surface area contributed by atoms with Crippen LogP contribution in [-0.2, 0) is 0 Å². The third-order valence-corrected chi connectivity index (χ3v) is 9.78. The van der Waals surface area contributed by atoms with Crippen molar-refractivity contribution >= 4 is 42.5 Å². The van der Waals surface area contributed by atoms with Gasteiger partial charge in [0.1, 0.15) is 5.82 Å². The minimum absolute atomic E-state index is 0.338. The van der Waals surface area contributed by atoms with Gasteiger partial charge in [-0.3, -0.25) is 4.57 Å². The lowest BCUT2D eigenvalue weighted by Crippen LogP contribution is -2.09. The Morgan fingerprint density at radius 2 is 1.24 bits per heavy atom. The monoisotopic (exact) mass is 564 g/mol. The fourth-order valence-electron chi connectivity index (χ4n) is 6.23. The molecule has 2 nitrogen and oxygen atoms in total. The molecule has 0 unspecified atom stereocenters. The largest absolute Gasteiger partial charge is 0.292 e. The van der Waals surface area contributed by atoms with Gasteiger partial charge in [0.25, 0.3) is 0 Å². The number of hydrogen-bond donors (Lipinski definition) is 0. The Kier molecular flexibility index (Phi) is 6.51. The molecule has 7 rings (SSSR count). The van der Waals surface area contributed by atoms with Gasteiger partial charge in [0, 0.05) is 25.7 Å². The minimum atomic E-state index is 0.338. The summed E-state index contributed by atoms with van der Waals surface area (Å²) >= 11 is 1.88. The van der Waals surface area contributed by atoms with Crippen molar-refractivity contribution in [1.29, 1.82) is 0 Å². The number of para-hydroxylation sites is 2. The molecule has 0 aliphatic carbocycles. The van der Waals surface area contributed by atoms with Gasteiger partial charge in [-0.05, 0) is 114 Å². The Balaban J connectivity index is 1.54. The van der Waals surface area contributed by atoms with Crippen molar-refractivity contribution in [1.82, 2.24) is 9.55 Å². The molecule has 42 heavy (non-hydrogen) atoms. The zero-order chi connectivity index (χ0) is 29.1. The predicted octanol–water partition coefficient (Wildman–Crippen LogP) is 11.6. The van der Waals surface area contributed by atoms with E-state index in [1.807, 2.05) is 11.3 Å². The van der Waals surface area contributed by atoms with Crippen LogP contribution < -0.4 is 0 Å². The van der Waals surface area contributed by atoms with Crippen molar-refractivity contribution in [2.45, 2.75) is 53.4 Å². The van der Waals surface area contributed by atoms with E-state index in [9.17, 15) is 0 Å². The molecule has 2 heterocycles.